The molecule has 17 heavy (non-hydrogen) atoms. The molecular formula is C13H15N3O. The molecule has 0 aliphatic carbocycles. The normalized spacial score (nSPS) is 10.5. The van der Waals surface area contributed by atoms with Crippen molar-refractivity contribution in [3.63, 3.8) is 0 Å². The van der Waals surface area contributed by atoms with Gasteiger partial charge in [-0.2, -0.15) is 5.10 Å². The minimum atomic E-state index is -0.123. The molecule has 0 spiro atoms. The Morgan fingerprint density at radius 1 is 1.29 bits per heavy atom. The first kappa shape index (κ1) is 11.4. The third kappa shape index (κ3) is 2.72. The highest BCUT2D eigenvalue weighted by Crippen LogP contribution is 2.15. The molecule has 0 aliphatic heterocycles. The van der Waals surface area contributed by atoms with Gasteiger partial charge in [0, 0.05) is 11.8 Å². The molecule has 2 N–H and O–H groups in total. The number of aromatic nitrogens is 2. The van der Waals surface area contributed by atoms with Crippen LogP contribution in [0.5, 0.6) is 0 Å². The number of amides is 1. The van der Waals surface area contributed by atoms with Gasteiger partial charge in [-0.25, -0.2) is 0 Å². The van der Waals surface area contributed by atoms with E-state index in [0.717, 1.165) is 0 Å². The number of carbonyl (C=O) groups is 1. The molecule has 0 unspecified atom stereocenters. The first-order valence-corrected chi connectivity index (χ1v) is 5.57. The van der Waals surface area contributed by atoms with Gasteiger partial charge in [0.1, 0.15) is 0 Å². The quantitative estimate of drug-likeness (QED) is 0.850. The summed E-state index contributed by atoms with van der Waals surface area (Å²) in [5.74, 6) is 0.350. The number of nitrogens with zero attached hydrogens (tertiary/aromatic N) is 1. The van der Waals surface area contributed by atoms with E-state index in [2.05, 4.69) is 29.4 Å². The maximum absolute atomic E-state index is 11.8. The minimum absolute atomic E-state index is 0.123. The Bertz CT molecular complexity index is 486. The zero-order valence-corrected chi connectivity index (χ0v) is 9.90. The lowest BCUT2D eigenvalue weighted by Crippen LogP contribution is -2.11. The van der Waals surface area contributed by atoms with Crippen molar-refractivity contribution in [2.75, 3.05) is 5.32 Å². The highest BCUT2D eigenvalue weighted by molar-refractivity contribution is 6.04. The van der Waals surface area contributed by atoms with Crippen LogP contribution in [0.3, 0.4) is 0 Å². The number of hydrogen-bond donors (Lipinski definition) is 2. The van der Waals surface area contributed by atoms with E-state index < -0.39 is 0 Å². The third-order valence-electron chi connectivity index (χ3n) is 2.60. The number of benzene rings is 1. The van der Waals surface area contributed by atoms with Crippen molar-refractivity contribution >= 4 is 11.6 Å². The number of hydrogen-bond acceptors (Lipinski definition) is 2. The molecule has 0 atom stereocenters. The van der Waals surface area contributed by atoms with Crippen molar-refractivity contribution in [1.82, 2.24) is 10.2 Å². The summed E-state index contributed by atoms with van der Waals surface area (Å²) in [7, 11) is 0. The van der Waals surface area contributed by atoms with Crippen LogP contribution in [0, 0.1) is 0 Å². The summed E-state index contributed by atoms with van der Waals surface area (Å²) in [5.41, 5.74) is 2.54. The zero-order chi connectivity index (χ0) is 12.3. The molecule has 4 heteroatoms. The van der Waals surface area contributed by atoms with E-state index in [-0.39, 0.29) is 5.91 Å². The summed E-state index contributed by atoms with van der Waals surface area (Å²) in [6, 6.07) is 7.64. The Hall–Kier alpha value is -2.10. The van der Waals surface area contributed by atoms with Gasteiger partial charge in [-0.1, -0.05) is 26.0 Å². The number of nitrogens with one attached hydrogen (secondary N) is 2. The summed E-state index contributed by atoms with van der Waals surface area (Å²) in [6.45, 7) is 4.25. The Kier molecular flexibility index (Phi) is 3.23. The molecule has 0 aliphatic rings. The van der Waals surface area contributed by atoms with E-state index >= 15 is 0 Å². The standard InChI is InChI=1S/C13H15N3O/c1-9(2)10-3-5-11(6-4-10)13(17)16-12-7-14-15-8-12/h3-9H,1-2H3,(H,14,15)(H,16,17). The molecule has 0 saturated heterocycles. The second kappa shape index (κ2) is 4.82. The highest BCUT2D eigenvalue weighted by atomic mass is 16.1. The van der Waals surface area contributed by atoms with Crippen molar-refractivity contribution in [2.24, 2.45) is 0 Å². The number of aromatic amines is 1. The van der Waals surface area contributed by atoms with E-state index in [1.54, 1.807) is 12.4 Å². The van der Waals surface area contributed by atoms with Crippen molar-refractivity contribution in [3.05, 3.63) is 47.8 Å². The average molecular weight is 229 g/mol. The Balaban J connectivity index is 2.09. The molecule has 1 heterocycles. The van der Waals surface area contributed by atoms with Gasteiger partial charge in [-0.15, -0.1) is 0 Å². The Morgan fingerprint density at radius 2 is 2.00 bits per heavy atom. The van der Waals surface area contributed by atoms with Crippen LogP contribution in [0.1, 0.15) is 35.7 Å². The molecular weight excluding hydrogens is 214 g/mol. The SMILES string of the molecule is CC(C)c1ccc(C(=O)Nc2cn[nH]c2)cc1. The van der Waals surface area contributed by atoms with Crippen LogP contribution >= 0.6 is 0 Å². The van der Waals surface area contributed by atoms with Gasteiger partial charge in [0.2, 0.25) is 0 Å². The zero-order valence-electron chi connectivity index (χ0n) is 9.90. The first-order chi connectivity index (χ1) is 8.16. The van der Waals surface area contributed by atoms with Crippen LogP contribution in [0.15, 0.2) is 36.7 Å². The minimum Gasteiger partial charge on any atom is -0.319 e. The Morgan fingerprint density at radius 3 is 2.53 bits per heavy atom. The van der Waals surface area contributed by atoms with E-state index in [1.807, 2.05) is 24.3 Å². The highest BCUT2D eigenvalue weighted by Gasteiger charge is 2.07. The van der Waals surface area contributed by atoms with E-state index in [1.165, 1.54) is 5.56 Å². The monoisotopic (exact) mass is 229 g/mol. The fraction of sp³-hybridized carbons (Fsp3) is 0.231. The second-order valence-corrected chi connectivity index (χ2v) is 4.22. The second-order valence-electron chi connectivity index (χ2n) is 4.22. The van der Waals surface area contributed by atoms with Crippen LogP contribution < -0.4 is 5.32 Å². The molecule has 2 rings (SSSR count). The largest absolute Gasteiger partial charge is 0.319 e. The first-order valence-electron chi connectivity index (χ1n) is 5.57. The van der Waals surface area contributed by atoms with E-state index in [0.29, 0.717) is 17.2 Å². The maximum atomic E-state index is 11.8. The number of rotatable bonds is 3. The predicted molar refractivity (Wildman–Crippen MR) is 67.1 cm³/mol. The van der Waals surface area contributed by atoms with Gasteiger partial charge < -0.3 is 5.32 Å². The van der Waals surface area contributed by atoms with Crippen molar-refractivity contribution in [1.29, 1.82) is 0 Å². The molecule has 0 bridgehead atoms. The van der Waals surface area contributed by atoms with Gasteiger partial charge in [0.15, 0.2) is 0 Å². The lowest BCUT2D eigenvalue weighted by molar-refractivity contribution is 0.102. The van der Waals surface area contributed by atoms with Crippen LogP contribution in [0.2, 0.25) is 0 Å². The van der Waals surface area contributed by atoms with Gasteiger partial charge in [0.05, 0.1) is 11.9 Å². The number of carbonyl (C=O) groups excluding carboxylic acids is 1. The van der Waals surface area contributed by atoms with Crippen LogP contribution in [-0.4, -0.2) is 16.1 Å². The molecule has 0 radical (unpaired) electrons. The lowest BCUT2D eigenvalue weighted by Gasteiger charge is -2.06. The molecule has 0 fully saturated rings. The molecule has 0 saturated carbocycles. The number of H-pyrrole nitrogens is 1. The van der Waals surface area contributed by atoms with Crippen LogP contribution in [-0.2, 0) is 0 Å². The topological polar surface area (TPSA) is 57.8 Å². The predicted octanol–water partition coefficient (Wildman–Crippen LogP) is 2.79. The van der Waals surface area contributed by atoms with Gasteiger partial charge in [-0.3, -0.25) is 9.89 Å². The van der Waals surface area contributed by atoms with Crippen molar-refractivity contribution in [2.45, 2.75) is 19.8 Å². The van der Waals surface area contributed by atoms with Crippen LogP contribution in [0.25, 0.3) is 0 Å². The smallest absolute Gasteiger partial charge is 0.255 e. The molecule has 1 aromatic carbocycles. The molecule has 1 aromatic heterocycles. The summed E-state index contributed by atoms with van der Waals surface area (Å²) in [5, 5.41) is 9.17. The van der Waals surface area contributed by atoms with Gasteiger partial charge in [0.25, 0.3) is 5.91 Å². The summed E-state index contributed by atoms with van der Waals surface area (Å²) >= 11 is 0. The van der Waals surface area contributed by atoms with E-state index in [4.69, 9.17) is 0 Å². The van der Waals surface area contributed by atoms with Crippen molar-refractivity contribution < 1.29 is 4.79 Å². The molecule has 88 valence electrons. The average Bonchev–Trinajstić information content (AvgIpc) is 2.82. The van der Waals surface area contributed by atoms with Gasteiger partial charge >= 0.3 is 0 Å². The fourth-order valence-electron chi connectivity index (χ4n) is 1.54. The Labute approximate surface area is 100 Å². The number of anilines is 1. The lowest BCUT2D eigenvalue weighted by atomic mass is 10.0. The molecule has 2 aromatic rings. The van der Waals surface area contributed by atoms with E-state index in [9.17, 15) is 4.79 Å². The summed E-state index contributed by atoms with van der Waals surface area (Å²) in [4.78, 5) is 11.8. The maximum Gasteiger partial charge on any atom is 0.255 e. The fourth-order valence-corrected chi connectivity index (χ4v) is 1.54. The van der Waals surface area contributed by atoms with Crippen molar-refractivity contribution in [3.8, 4) is 0 Å². The third-order valence-corrected chi connectivity index (χ3v) is 2.60. The summed E-state index contributed by atoms with van der Waals surface area (Å²) in [6.07, 6.45) is 3.21. The summed E-state index contributed by atoms with van der Waals surface area (Å²) < 4.78 is 0. The van der Waals surface area contributed by atoms with Crippen LogP contribution in [0.4, 0.5) is 5.69 Å². The molecule has 4 nitrogen and oxygen atoms in total. The van der Waals surface area contributed by atoms with Gasteiger partial charge in [-0.05, 0) is 23.6 Å². The molecule has 1 amide bonds.